The van der Waals surface area contributed by atoms with Gasteiger partial charge in [0.1, 0.15) is 12.4 Å². The number of amides is 2. The minimum atomic E-state index is -0.173. The standard InChI is InChI=1S/C18H24N4O2/c23-18(19-15-7-3-1-4-8-15)20-17-11-12-22(21-17)13-14-24-16-9-5-2-6-10-16/h2,5-6,9-12,15H,1,3-4,7-8,13-14H2,(H2,19,20,21,23). The van der Waals surface area contributed by atoms with E-state index in [1.807, 2.05) is 36.5 Å². The predicted molar refractivity (Wildman–Crippen MR) is 93.2 cm³/mol. The van der Waals surface area contributed by atoms with Crippen LogP contribution < -0.4 is 15.4 Å². The van der Waals surface area contributed by atoms with Crippen molar-refractivity contribution in [1.82, 2.24) is 15.1 Å². The van der Waals surface area contributed by atoms with Crippen molar-refractivity contribution in [2.24, 2.45) is 0 Å². The first-order chi connectivity index (χ1) is 11.8. The van der Waals surface area contributed by atoms with E-state index in [1.54, 1.807) is 10.7 Å². The Kier molecular flexibility index (Phi) is 5.71. The Morgan fingerprint density at radius 2 is 1.96 bits per heavy atom. The first-order valence-electron chi connectivity index (χ1n) is 8.58. The molecule has 0 saturated heterocycles. The number of aromatic nitrogens is 2. The van der Waals surface area contributed by atoms with E-state index in [1.165, 1.54) is 19.3 Å². The normalized spacial score (nSPS) is 15.0. The quantitative estimate of drug-likeness (QED) is 0.854. The van der Waals surface area contributed by atoms with E-state index in [2.05, 4.69) is 15.7 Å². The number of carbonyl (C=O) groups excluding carboxylic acids is 1. The van der Waals surface area contributed by atoms with Gasteiger partial charge in [-0.15, -0.1) is 0 Å². The molecule has 0 bridgehead atoms. The molecule has 0 radical (unpaired) electrons. The summed E-state index contributed by atoms with van der Waals surface area (Å²) in [4.78, 5) is 12.0. The summed E-state index contributed by atoms with van der Waals surface area (Å²) in [6.07, 6.45) is 7.64. The topological polar surface area (TPSA) is 68.2 Å². The summed E-state index contributed by atoms with van der Waals surface area (Å²) >= 11 is 0. The van der Waals surface area contributed by atoms with Gasteiger partial charge in [-0.1, -0.05) is 37.5 Å². The number of nitrogens with zero attached hydrogens (tertiary/aromatic N) is 2. The molecule has 1 aromatic heterocycles. The number of rotatable bonds is 6. The zero-order valence-electron chi connectivity index (χ0n) is 13.8. The zero-order chi connectivity index (χ0) is 16.6. The fraction of sp³-hybridized carbons (Fsp3) is 0.444. The van der Waals surface area contributed by atoms with Gasteiger partial charge in [-0.25, -0.2) is 4.79 Å². The Labute approximate surface area is 142 Å². The Morgan fingerprint density at radius 3 is 2.75 bits per heavy atom. The summed E-state index contributed by atoms with van der Waals surface area (Å²) in [5.41, 5.74) is 0. The van der Waals surface area contributed by atoms with Crippen LogP contribution in [0.25, 0.3) is 0 Å². The van der Waals surface area contributed by atoms with Crippen LogP contribution >= 0.6 is 0 Å². The summed E-state index contributed by atoms with van der Waals surface area (Å²) in [5, 5.41) is 10.2. The molecule has 1 aliphatic carbocycles. The van der Waals surface area contributed by atoms with Crippen molar-refractivity contribution in [3.8, 4) is 5.75 Å². The summed E-state index contributed by atoms with van der Waals surface area (Å²) in [7, 11) is 0. The number of ether oxygens (including phenoxy) is 1. The first-order valence-corrected chi connectivity index (χ1v) is 8.58. The summed E-state index contributed by atoms with van der Waals surface area (Å²) in [6, 6.07) is 11.6. The highest BCUT2D eigenvalue weighted by Gasteiger charge is 2.15. The van der Waals surface area contributed by atoms with E-state index in [-0.39, 0.29) is 6.03 Å². The maximum atomic E-state index is 12.0. The lowest BCUT2D eigenvalue weighted by atomic mass is 9.96. The molecule has 0 unspecified atom stereocenters. The van der Waals surface area contributed by atoms with Gasteiger partial charge in [0.2, 0.25) is 0 Å². The average molecular weight is 328 g/mol. The second-order valence-electron chi connectivity index (χ2n) is 6.06. The smallest absolute Gasteiger partial charge is 0.320 e. The van der Waals surface area contributed by atoms with Crippen LogP contribution in [0.4, 0.5) is 10.6 Å². The SMILES string of the molecule is O=C(Nc1ccn(CCOc2ccccc2)n1)NC1CCCCC1. The fourth-order valence-electron chi connectivity index (χ4n) is 2.91. The van der Waals surface area contributed by atoms with E-state index in [4.69, 9.17) is 4.74 Å². The van der Waals surface area contributed by atoms with Gasteiger partial charge in [-0.3, -0.25) is 10.00 Å². The highest BCUT2D eigenvalue weighted by molar-refractivity contribution is 5.88. The number of carbonyl (C=O) groups is 1. The molecule has 1 heterocycles. The van der Waals surface area contributed by atoms with Crippen LogP contribution in [0, 0.1) is 0 Å². The van der Waals surface area contributed by atoms with E-state index >= 15 is 0 Å². The number of para-hydroxylation sites is 1. The molecule has 24 heavy (non-hydrogen) atoms. The van der Waals surface area contributed by atoms with E-state index < -0.39 is 0 Å². The Morgan fingerprint density at radius 1 is 1.17 bits per heavy atom. The molecule has 2 amide bonds. The first kappa shape index (κ1) is 16.4. The molecule has 1 fully saturated rings. The van der Waals surface area contributed by atoms with Crippen LogP contribution in [-0.2, 0) is 6.54 Å². The van der Waals surface area contributed by atoms with Gasteiger partial charge in [0.05, 0.1) is 6.54 Å². The minimum absolute atomic E-state index is 0.173. The van der Waals surface area contributed by atoms with Crippen LogP contribution in [0.3, 0.4) is 0 Å². The van der Waals surface area contributed by atoms with Crippen LogP contribution in [0.1, 0.15) is 32.1 Å². The van der Waals surface area contributed by atoms with Crippen molar-refractivity contribution >= 4 is 11.8 Å². The van der Waals surface area contributed by atoms with Crippen LogP contribution in [-0.4, -0.2) is 28.5 Å². The van der Waals surface area contributed by atoms with Gasteiger partial charge in [0.25, 0.3) is 0 Å². The van der Waals surface area contributed by atoms with Gasteiger partial charge >= 0.3 is 6.03 Å². The van der Waals surface area contributed by atoms with Crippen molar-refractivity contribution < 1.29 is 9.53 Å². The highest BCUT2D eigenvalue weighted by Crippen LogP contribution is 2.17. The highest BCUT2D eigenvalue weighted by atomic mass is 16.5. The third kappa shape index (κ3) is 5.01. The van der Waals surface area contributed by atoms with Gasteiger partial charge in [0, 0.05) is 18.3 Å². The minimum Gasteiger partial charge on any atom is -0.492 e. The number of hydrogen-bond donors (Lipinski definition) is 2. The number of benzene rings is 1. The number of hydrogen-bond acceptors (Lipinski definition) is 3. The molecule has 0 aliphatic heterocycles. The lowest BCUT2D eigenvalue weighted by Crippen LogP contribution is -2.39. The number of anilines is 1. The summed E-state index contributed by atoms with van der Waals surface area (Å²) in [5.74, 6) is 1.40. The Hall–Kier alpha value is -2.50. The lowest BCUT2D eigenvalue weighted by Gasteiger charge is -2.22. The zero-order valence-corrected chi connectivity index (χ0v) is 13.8. The number of nitrogens with one attached hydrogen (secondary N) is 2. The molecule has 3 rings (SSSR count). The summed E-state index contributed by atoms with van der Waals surface area (Å²) < 4.78 is 7.40. The van der Waals surface area contributed by atoms with Crippen molar-refractivity contribution in [2.75, 3.05) is 11.9 Å². The molecule has 0 spiro atoms. The summed E-state index contributed by atoms with van der Waals surface area (Å²) in [6.45, 7) is 1.15. The lowest BCUT2D eigenvalue weighted by molar-refractivity contribution is 0.244. The molecule has 6 nitrogen and oxygen atoms in total. The van der Waals surface area contributed by atoms with Crippen molar-refractivity contribution in [2.45, 2.75) is 44.7 Å². The van der Waals surface area contributed by atoms with Crippen molar-refractivity contribution in [3.05, 3.63) is 42.6 Å². The van der Waals surface area contributed by atoms with E-state index in [0.29, 0.717) is 25.0 Å². The molecule has 1 aromatic carbocycles. The largest absolute Gasteiger partial charge is 0.492 e. The molecule has 0 atom stereocenters. The molecular formula is C18H24N4O2. The van der Waals surface area contributed by atoms with Crippen LogP contribution in [0.2, 0.25) is 0 Å². The Bertz CT molecular complexity index is 635. The second kappa shape index (κ2) is 8.38. The number of urea groups is 1. The van der Waals surface area contributed by atoms with Gasteiger partial charge in [-0.2, -0.15) is 5.10 Å². The molecule has 128 valence electrons. The van der Waals surface area contributed by atoms with Crippen LogP contribution in [0.15, 0.2) is 42.6 Å². The maximum Gasteiger partial charge on any atom is 0.320 e. The van der Waals surface area contributed by atoms with Crippen molar-refractivity contribution in [1.29, 1.82) is 0 Å². The van der Waals surface area contributed by atoms with Gasteiger partial charge in [0.15, 0.2) is 5.82 Å². The molecular weight excluding hydrogens is 304 g/mol. The maximum absolute atomic E-state index is 12.0. The van der Waals surface area contributed by atoms with Gasteiger partial charge in [-0.05, 0) is 25.0 Å². The fourth-order valence-corrected chi connectivity index (χ4v) is 2.91. The molecule has 6 heteroatoms. The third-order valence-corrected chi connectivity index (χ3v) is 4.15. The average Bonchev–Trinajstić information content (AvgIpc) is 3.04. The molecule has 2 aromatic rings. The van der Waals surface area contributed by atoms with Crippen molar-refractivity contribution in [3.63, 3.8) is 0 Å². The van der Waals surface area contributed by atoms with Crippen LogP contribution in [0.5, 0.6) is 5.75 Å². The van der Waals surface area contributed by atoms with Gasteiger partial charge < -0.3 is 10.1 Å². The van der Waals surface area contributed by atoms with E-state index in [0.717, 1.165) is 18.6 Å². The monoisotopic (exact) mass is 328 g/mol. The third-order valence-electron chi connectivity index (χ3n) is 4.15. The van der Waals surface area contributed by atoms with E-state index in [9.17, 15) is 4.79 Å². The Balaban J connectivity index is 1.40. The molecule has 1 saturated carbocycles. The second-order valence-corrected chi connectivity index (χ2v) is 6.06. The predicted octanol–water partition coefficient (Wildman–Crippen LogP) is 3.42. The molecule has 2 N–H and O–H groups in total. The molecule has 1 aliphatic rings.